The molecular formula is C25H31N5O6. The van der Waals surface area contributed by atoms with Crippen molar-refractivity contribution in [3.8, 4) is 5.75 Å². The molecule has 2 heterocycles. The van der Waals surface area contributed by atoms with Crippen molar-refractivity contribution in [2.75, 3.05) is 24.6 Å². The van der Waals surface area contributed by atoms with Crippen molar-refractivity contribution in [3.63, 3.8) is 0 Å². The summed E-state index contributed by atoms with van der Waals surface area (Å²) in [4.78, 5) is 41.6. The first-order valence-electron chi connectivity index (χ1n) is 11.7. The molecule has 2 aromatic rings. The Bertz CT molecular complexity index is 1090. The van der Waals surface area contributed by atoms with Gasteiger partial charge in [0.1, 0.15) is 18.2 Å². The van der Waals surface area contributed by atoms with E-state index in [2.05, 4.69) is 15.2 Å². The molecule has 11 nitrogen and oxygen atoms in total. The number of carbonyl (C=O) groups excluding carboxylic acids is 1. The third-order valence-electron chi connectivity index (χ3n) is 6.09. The van der Waals surface area contributed by atoms with Crippen molar-refractivity contribution >= 4 is 29.4 Å². The lowest BCUT2D eigenvalue weighted by atomic mass is 9.95. The van der Waals surface area contributed by atoms with Gasteiger partial charge in [0, 0.05) is 49.1 Å². The fraction of sp³-hybridized carbons (Fsp3) is 0.400. The Morgan fingerprint density at radius 2 is 1.83 bits per heavy atom. The van der Waals surface area contributed by atoms with E-state index in [-0.39, 0.29) is 43.5 Å². The van der Waals surface area contributed by atoms with Gasteiger partial charge in [0.25, 0.3) is 0 Å². The average Bonchev–Trinajstić information content (AvgIpc) is 2.86. The first-order valence-corrected chi connectivity index (χ1v) is 11.7. The summed E-state index contributed by atoms with van der Waals surface area (Å²) >= 11 is 0. The molecule has 3 rings (SSSR count). The Kier molecular flexibility index (Phi) is 9.20. The zero-order chi connectivity index (χ0) is 26.1. The smallest absolute Gasteiger partial charge is 0.305 e. The molecule has 0 radical (unpaired) electrons. The molecule has 1 aromatic carbocycles. The molecule has 1 amide bonds. The molecule has 0 saturated carbocycles. The highest BCUT2D eigenvalue weighted by atomic mass is 16.5. The number of nitrogens with one attached hydrogen (secondary N) is 2. The molecule has 0 bridgehead atoms. The van der Waals surface area contributed by atoms with Crippen molar-refractivity contribution < 1.29 is 29.3 Å². The predicted octanol–water partition coefficient (Wildman–Crippen LogP) is 1.64. The Labute approximate surface area is 208 Å². The van der Waals surface area contributed by atoms with Crippen LogP contribution < -0.4 is 20.7 Å². The summed E-state index contributed by atoms with van der Waals surface area (Å²) in [7, 11) is 0. The van der Waals surface area contributed by atoms with Crippen LogP contribution in [0.2, 0.25) is 0 Å². The number of aromatic nitrogens is 1. The van der Waals surface area contributed by atoms with Crippen LogP contribution in [0.5, 0.6) is 5.75 Å². The number of carbonyl (C=O) groups is 3. The van der Waals surface area contributed by atoms with Gasteiger partial charge >= 0.3 is 11.9 Å². The number of carboxylic acid groups (broad SMARTS) is 2. The highest BCUT2D eigenvalue weighted by molar-refractivity contribution is 5.95. The van der Waals surface area contributed by atoms with E-state index in [9.17, 15) is 19.5 Å². The molecule has 1 aliphatic rings. The second-order valence-corrected chi connectivity index (χ2v) is 8.71. The van der Waals surface area contributed by atoms with E-state index in [0.717, 1.165) is 5.69 Å². The number of piperidine rings is 1. The Hall–Kier alpha value is -4.15. The molecule has 1 fully saturated rings. The third-order valence-corrected chi connectivity index (χ3v) is 6.09. The van der Waals surface area contributed by atoms with Crippen LogP contribution in [0, 0.1) is 11.3 Å². The van der Waals surface area contributed by atoms with Crippen molar-refractivity contribution in [2.45, 2.75) is 38.1 Å². The largest absolute Gasteiger partial charge is 0.491 e. The van der Waals surface area contributed by atoms with Crippen molar-refractivity contribution in [2.24, 2.45) is 11.7 Å². The number of aryl methyl sites for hydroxylation is 1. The normalized spacial score (nSPS) is 14.6. The van der Waals surface area contributed by atoms with Gasteiger partial charge in [-0.2, -0.15) is 0 Å². The van der Waals surface area contributed by atoms with Crippen LogP contribution in [0.4, 0.5) is 5.69 Å². The summed E-state index contributed by atoms with van der Waals surface area (Å²) < 4.78 is 5.85. The lowest BCUT2D eigenvalue weighted by molar-refractivity contribution is -0.139. The van der Waals surface area contributed by atoms with Gasteiger partial charge in [0.2, 0.25) is 5.91 Å². The average molecular weight is 498 g/mol. The SMILES string of the molecule is N=C(N)c1ccc(CCC(=O)O)c(OCC(CC(=O)O)NC(=O)C2CCN(c3ccncc3)CC2)c1. The van der Waals surface area contributed by atoms with Crippen LogP contribution in [0.1, 0.15) is 36.8 Å². The lowest BCUT2D eigenvalue weighted by Gasteiger charge is -2.33. The monoisotopic (exact) mass is 497 g/mol. The van der Waals surface area contributed by atoms with E-state index in [0.29, 0.717) is 42.8 Å². The summed E-state index contributed by atoms with van der Waals surface area (Å²) in [5.41, 5.74) is 7.59. The molecule has 0 spiro atoms. The maximum absolute atomic E-state index is 12.9. The number of nitrogen functional groups attached to an aromatic ring is 1. The first-order chi connectivity index (χ1) is 17.2. The van der Waals surface area contributed by atoms with E-state index < -0.39 is 18.0 Å². The summed E-state index contributed by atoms with van der Waals surface area (Å²) in [5.74, 6) is -2.39. The number of anilines is 1. The van der Waals surface area contributed by atoms with Crippen LogP contribution >= 0.6 is 0 Å². The van der Waals surface area contributed by atoms with Crippen LogP contribution in [-0.4, -0.2) is 64.6 Å². The second-order valence-electron chi connectivity index (χ2n) is 8.71. The Morgan fingerprint density at radius 1 is 1.14 bits per heavy atom. The number of benzene rings is 1. The van der Waals surface area contributed by atoms with E-state index in [4.69, 9.17) is 21.0 Å². The van der Waals surface area contributed by atoms with Gasteiger partial charge in [-0.15, -0.1) is 0 Å². The number of rotatable bonds is 12. The first kappa shape index (κ1) is 26.5. The summed E-state index contributed by atoms with van der Waals surface area (Å²) in [6.45, 7) is 1.27. The van der Waals surface area contributed by atoms with Crippen LogP contribution in [0.3, 0.4) is 0 Å². The maximum Gasteiger partial charge on any atom is 0.305 e. The Balaban J connectivity index is 1.63. The number of nitrogens with zero attached hydrogens (tertiary/aromatic N) is 2. The fourth-order valence-electron chi connectivity index (χ4n) is 4.13. The van der Waals surface area contributed by atoms with Crippen molar-refractivity contribution in [3.05, 3.63) is 53.9 Å². The summed E-state index contributed by atoms with van der Waals surface area (Å²) in [6, 6.07) is 7.81. The maximum atomic E-state index is 12.9. The number of aliphatic carboxylic acids is 2. The third kappa shape index (κ3) is 7.69. The minimum absolute atomic E-state index is 0.122. The number of amides is 1. The van der Waals surface area contributed by atoms with Crippen molar-refractivity contribution in [1.82, 2.24) is 10.3 Å². The predicted molar refractivity (Wildman–Crippen MR) is 132 cm³/mol. The summed E-state index contributed by atoms with van der Waals surface area (Å²) in [6.07, 6.45) is 4.45. The number of ether oxygens (including phenoxy) is 1. The van der Waals surface area contributed by atoms with E-state index in [1.54, 1.807) is 24.5 Å². The zero-order valence-electron chi connectivity index (χ0n) is 19.9. The van der Waals surface area contributed by atoms with Gasteiger partial charge < -0.3 is 30.9 Å². The second kappa shape index (κ2) is 12.5. The zero-order valence-corrected chi connectivity index (χ0v) is 19.9. The van der Waals surface area contributed by atoms with Gasteiger partial charge in [-0.1, -0.05) is 12.1 Å². The standard InChI is InChI=1S/C25H31N5O6/c26-24(27)18-2-1-16(3-4-22(31)32)21(13-18)36-15-19(14-23(33)34)29-25(35)17-7-11-30(12-8-17)20-5-9-28-10-6-20/h1-2,5-6,9-10,13,17,19H,3-4,7-8,11-12,14-15H2,(H3,26,27)(H,29,35)(H,31,32)(H,33,34). The van der Waals surface area contributed by atoms with Crippen LogP contribution in [-0.2, 0) is 20.8 Å². The highest BCUT2D eigenvalue weighted by Gasteiger charge is 2.28. The number of carboxylic acids is 2. The molecule has 0 aliphatic carbocycles. The molecule has 1 aromatic heterocycles. The molecular weight excluding hydrogens is 466 g/mol. The number of nitrogens with two attached hydrogens (primary N) is 1. The topological polar surface area (TPSA) is 179 Å². The molecule has 192 valence electrons. The molecule has 1 unspecified atom stereocenters. The van der Waals surface area contributed by atoms with Gasteiger partial charge in [0.15, 0.2) is 0 Å². The number of pyridine rings is 1. The quantitative estimate of drug-likeness (QED) is 0.215. The molecule has 11 heteroatoms. The minimum atomic E-state index is -1.08. The van der Waals surface area contributed by atoms with Gasteiger partial charge in [-0.3, -0.25) is 24.8 Å². The van der Waals surface area contributed by atoms with E-state index in [1.807, 2.05) is 12.1 Å². The molecule has 1 atom stereocenters. The fourth-order valence-corrected chi connectivity index (χ4v) is 4.13. The minimum Gasteiger partial charge on any atom is -0.491 e. The van der Waals surface area contributed by atoms with Gasteiger partial charge in [0.05, 0.1) is 12.5 Å². The molecule has 1 saturated heterocycles. The van der Waals surface area contributed by atoms with Crippen molar-refractivity contribution in [1.29, 1.82) is 5.41 Å². The Morgan fingerprint density at radius 3 is 2.44 bits per heavy atom. The lowest BCUT2D eigenvalue weighted by Crippen LogP contribution is -2.46. The molecule has 6 N–H and O–H groups in total. The molecule has 36 heavy (non-hydrogen) atoms. The molecule has 1 aliphatic heterocycles. The van der Waals surface area contributed by atoms with E-state index in [1.165, 1.54) is 6.07 Å². The number of hydrogen-bond donors (Lipinski definition) is 5. The van der Waals surface area contributed by atoms with E-state index >= 15 is 0 Å². The number of amidine groups is 1. The van der Waals surface area contributed by atoms with Gasteiger partial charge in [-0.25, -0.2) is 0 Å². The van der Waals surface area contributed by atoms with Crippen LogP contribution in [0.15, 0.2) is 42.7 Å². The highest BCUT2D eigenvalue weighted by Crippen LogP contribution is 2.24. The van der Waals surface area contributed by atoms with Gasteiger partial charge in [-0.05, 0) is 43.0 Å². The van der Waals surface area contributed by atoms with Crippen LogP contribution in [0.25, 0.3) is 0 Å². The summed E-state index contributed by atoms with van der Waals surface area (Å²) in [5, 5.41) is 28.8. The number of hydrogen-bond acceptors (Lipinski definition) is 7.